The van der Waals surface area contributed by atoms with E-state index in [2.05, 4.69) is 35.1 Å². The van der Waals surface area contributed by atoms with Crippen LogP contribution in [-0.2, 0) is 19.9 Å². The molecule has 0 saturated heterocycles. The number of anilines is 1. The molecule has 4 rings (SSSR count). The van der Waals surface area contributed by atoms with E-state index in [-0.39, 0.29) is 5.91 Å². The second-order valence-electron chi connectivity index (χ2n) is 6.22. The van der Waals surface area contributed by atoms with Crippen molar-refractivity contribution in [2.75, 3.05) is 11.4 Å². The largest absolute Gasteiger partial charge is 0.318 e. The highest BCUT2D eigenvalue weighted by atomic mass is 16.2. The van der Waals surface area contributed by atoms with Gasteiger partial charge in [-0.3, -0.25) is 4.79 Å². The fourth-order valence-corrected chi connectivity index (χ4v) is 3.57. The van der Waals surface area contributed by atoms with Crippen molar-refractivity contribution in [2.24, 2.45) is 7.05 Å². The van der Waals surface area contributed by atoms with Gasteiger partial charge in [0.25, 0.3) is 5.91 Å². The number of imidazole rings is 1. The van der Waals surface area contributed by atoms with E-state index in [1.54, 1.807) is 18.6 Å². The Labute approximate surface area is 140 Å². The van der Waals surface area contributed by atoms with Gasteiger partial charge in [-0.2, -0.15) is 0 Å². The molecule has 0 fully saturated rings. The normalized spacial score (nSPS) is 14.0. The number of carbonyl (C=O) groups excluding carboxylic acids is 1. The van der Waals surface area contributed by atoms with Crippen molar-refractivity contribution in [1.29, 1.82) is 0 Å². The molecule has 0 N–H and O–H groups in total. The van der Waals surface area contributed by atoms with Gasteiger partial charge in [-0.25, -0.2) is 9.97 Å². The number of amides is 1. The Bertz CT molecular complexity index is 914. The zero-order valence-corrected chi connectivity index (χ0v) is 14.0. The number of pyridine rings is 1. The third kappa shape index (κ3) is 2.19. The van der Waals surface area contributed by atoms with Crippen LogP contribution in [0, 0.1) is 0 Å². The lowest BCUT2D eigenvalue weighted by Gasteiger charge is -2.31. The topological polar surface area (TPSA) is 51.0 Å². The average molecular weight is 320 g/mol. The lowest BCUT2D eigenvalue weighted by Crippen LogP contribution is -2.36. The number of para-hydroxylation sites is 1. The highest BCUT2D eigenvalue weighted by molar-refractivity contribution is 6.13. The van der Waals surface area contributed by atoms with Crippen LogP contribution in [0.1, 0.15) is 34.8 Å². The van der Waals surface area contributed by atoms with Gasteiger partial charge in [0.1, 0.15) is 5.52 Å². The highest BCUT2D eigenvalue weighted by Gasteiger charge is 2.27. The summed E-state index contributed by atoms with van der Waals surface area (Å²) in [6.45, 7) is 2.88. The fourth-order valence-electron chi connectivity index (χ4n) is 3.57. The predicted molar refractivity (Wildman–Crippen MR) is 94.3 cm³/mol. The molecule has 1 amide bonds. The lowest BCUT2D eigenvalue weighted by molar-refractivity contribution is 0.0986. The Balaban J connectivity index is 1.84. The minimum atomic E-state index is 0.0166. The molecule has 1 aromatic carbocycles. The predicted octanol–water partition coefficient (Wildman–Crippen LogP) is 3.12. The molecule has 1 aliphatic heterocycles. The van der Waals surface area contributed by atoms with Crippen LogP contribution in [0.15, 0.2) is 36.8 Å². The Morgan fingerprint density at radius 2 is 2.12 bits per heavy atom. The second-order valence-corrected chi connectivity index (χ2v) is 6.22. The van der Waals surface area contributed by atoms with Gasteiger partial charge < -0.3 is 9.47 Å². The molecule has 0 unspecified atom stereocenters. The summed E-state index contributed by atoms with van der Waals surface area (Å²) in [6.07, 6.45) is 6.33. The van der Waals surface area contributed by atoms with Gasteiger partial charge in [0.05, 0.1) is 17.6 Å². The van der Waals surface area contributed by atoms with Gasteiger partial charge in [0.15, 0.2) is 5.65 Å². The summed E-state index contributed by atoms with van der Waals surface area (Å²) in [4.78, 5) is 24.0. The van der Waals surface area contributed by atoms with Crippen LogP contribution in [0.25, 0.3) is 11.2 Å². The molecule has 0 spiro atoms. The first-order valence-corrected chi connectivity index (χ1v) is 8.39. The number of carbonyl (C=O) groups is 1. The first-order valence-electron chi connectivity index (χ1n) is 8.39. The van der Waals surface area contributed by atoms with Crippen LogP contribution >= 0.6 is 0 Å². The summed E-state index contributed by atoms with van der Waals surface area (Å²) in [7, 11) is 1.89. The number of nitrogens with zero attached hydrogens (tertiary/aromatic N) is 4. The van der Waals surface area contributed by atoms with E-state index in [0.29, 0.717) is 11.1 Å². The molecule has 2 aromatic heterocycles. The van der Waals surface area contributed by atoms with Gasteiger partial charge >= 0.3 is 0 Å². The molecule has 5 nitrogen and oxygen atoms in total. The van der Waals surface area contributed by atoms with Crippen LogP contribution in [0.5, 0.6) is 0 Å². The zero-order valence-electron chi connectivity index (χ0n) is 14.0. The SMILES string of the molecule is CCc1cccc2c1N(C(=O)c1ccnc3c1ncn3C)CCC2. The molecule has 122 valence electrons. The van der Waals surface area contributed by atoms with Gasteiger partial charge in [-0.05, 0) is 36.5 Å². The maximum absolute atomic E-state index is 13.3. The van der Waals surface area contributed by atoms with E-state index in [4.69, 9.17) is 0 Å². The molecule has 1 aliphatic rings. The summed E-state index contributed by atoms with van der Waals surface area (Å²) in [6, 6.07) is 8.12. The molecule has 24 heavy (non-hydrogen) atoms. The maximum Gasteiger partial charge on any atom is 0.260 e. The lowest BCUT2D eigenvalue weighted by atomic mass is 9.96. The van der Waals surface area contributed by atoms with Crippen LogP contribution in [-0.4, -0.2) is 27.0 Å². The smallest absolute Gasteiger partial charge is 0.260 e. The number of hydrogen-bond donors (Lipinski definition) is 0. The molecule has 0 saturated carbocycles. The molecule has 0 bridgehead atoms. The van der Waals surface area contributed by atoms with Crippen LogP contribution in [0.3, 0.4) is 0 Å². The van der Waals surface area contributed by atoms with Gasteiger partial charge in [0.2, 0.25) is 0 Å². The Kier molecular flexibility index (Phi) is 3.56. The van der Waals surface area contributed by atoms with Gasteiger partial charge in [0, 0.05) is 19.8 Å². The molecule has 5 heteroatoms. The first-order chi connectivity index (χ1) is 11.7. The van der Waals surface area contributed by atoms with Gasteiger partial charge in [-0.15, -0.1) is 0 Å². The Morgan fingerprint density at radius 1 is 1.25 bits per heavy atom. The standard InChI is InChI=1S/C19H20N4O/c1-3-13-6-4-7-14-8-5-11-23(17(13)14)19(24)15-9-10-20-18-16(15)21-12-22(18)2/h4,6-7,9-10,12H,3,5,8,11H2,1-2H3. The van der Waals surface area contributed by atoms with Crippen molar-refractivity contribution in [2.45, 2.75) is 26.2 Å². The molecule has 3 heterocycles. The molecular weight excluding hydrogens is 300 g/mol. The first kappa shape index (κ1) is 14.9. The Hall–Kier alpha value is -2.69. The molecule has 0 radical (unpaired) electrons. The minimum Gasteiger partial charge on any atom is -0.318 e. The third-order valence-corrected chi connectivity index (χ3v) is 4.76. The zero-order chi connectivity index (χ0) is 16.7. The van der Waals surface area contributed by atoms with Crippen LogP contribution < -0.4 is 4.90 Å². The summed E-state index contributed by atoms with van der Waals surface area (Å²) >= 11 is 0. The van der Waals surface area contributed by atoms with Gasteiger partial charge in [-0.1, -0.05) is 25.1 Å². The van der Waals surface area contributed by atoms with Crippen molar-refractivity contribution in [3.05, 3.63) is 53.5 Å². The molecule has 3 aromatic rings. The highest BCUT2D eigenvalue weighted by Crippen LogP contribution is 2.33. The van der Waals surface area contributed by atoms with E-state index >= 15 is 0 Å². The number of fused-ring (bicyclic) bond motifs is 2. The maximum atomic E-state index is 13.3. The van der Waals surface area contributed by atoms with Crippen LogP contribution in [0.4, 0.5) is 5.69 Å². The second kappa shape index (κ2) is 5.74. The number of rotatable bonds is 2. The van der Waals surface area contributed by atoms with Crippen molar-refractivity contribution >= 4 is 22.8 Å². The fraction of sp³-hybridized carbons (Fsp3) is 0.316. The van der Waals surface area contributed by atoms with Crippen molar-refractivity contribution in [3.63, 3.8) is 0 Å². The number of aromatic nitrogens is 3. The Morgan fingerprint density at radius 3 is 2.96 bits per heavy atom. The number of benzene rings is 1. The summed E-state index contributed by atoms with van der Waals surface area (Å²) in [5.74, 6) is 0.0166. The third-order valence-electron chi connectivity index (χ3n) is 4.76. The van der Waals surface area contributed by atoms with Crippen molar-refractivity contribution in [1.82, 2.24) is 14.5 Å². The van der Waals surface area contributed by atoms with Crippen LogP contribution in [0.2, 0.25) is 0 Å². The number of hydrogen-bond acceptors (Lipinski definition) is 3. The monoisotopic (exact) mass is 320 g/mol. The van der Waals surface area contributed by atoms with E-state index in [1.165, 1.54) is 11.1 Å². The minimum absolute atomic E-state index is 0.0166. The van der Waals surface area contributed by atoms with Crippen molar-refractivity contribution in [3.8, 4) is 0 Å². The van der Waals surface area contributed by atoms with E-state index < -0.39 is 0 Å². The van der Waals surface area contributed by atoms with E-state index in [0.717, 1.165) is 37.1 Å². The molecule has 0 atom stereocenters. The summed E-state index contributed by atoms with van der Waals surface area (Å²) in [5.41, 5.74) is 5.62. The average Bonchev–Trinajstić information content (AvgIpc) is 3.01. The van der Waals surface area contributed by atoms with E-state index in [9.17, 15) is 4.79 Å². The summed E-state index contributed by atoms with van der Waals surface area (Å²) in [5, 5.41) is 0. The molecule has 0 aliphatic carbocycles. The molecular formula is C19H20N4O. The number of aryl methyl sites for hydroxylation is 3. The summed E-state index contributed by atoms with van der Waals surface area (Å²) < 4.78 is 1.84. The van der Waals surface area contributed by atoms with Crippen molar-refractivity contribution < 1.29 is 4.79 Å². The van der Waals surface area contributed by atoms with E-state index in [1.807, 2.05) is 16.5 Å². The quantitative estimate of drug-likeness (QED) is 0.729.